The standard InChI is InChI=1S/C7H2ClF3INO/c8-6(14)5-1-4(12)3(2-13-5)7(9,10)11/h1-2H. The number of carbonyl (C=O) groups is 1. The minimum atomic E-state index is -4.46. The summed E-state index contributed by atoms with van der Waals surface area (Å²) >= 11 is 6.53. The molecule has 14 heavy (non-hydrogen) atoms. The number of halogens is 5. The first kappa shape index (κ1) is 11.7. The van der Waals surface area contributed by atoms with Gasteiger partial charge in [0.2, 0.25) is 0 Å². The van der Waals surface area contributed by atoms with E-state index in [0.717, 1.165) is 6.07 Å². The van der Waals surface area contributed by atoms with Crippen LogP contribution in [0.4, 0.5) is 13.2 Å². The molecule has 0 amide bonds. The van der Waals surface area contributed by atoms with Gasteiger partial charge in [0.05, 0.1) is 5.56 Å². The summed E-state index contributed by atoms with van der Waals surface area (Å²) in [7, 11) is 0. The monoisotopic (exact) mass is 335 g/mol. The molecule has 0 bridgehead atoms. The number of rotatable bonds is 1. The lowest BCUT2D eigenvalue weighted by atomic mass is 10.2. The van der Waals surface area contributed by atoms with E-state index in [9.17, 15) is 18.0 Å². The molecular weight excluding hydrogens is 333 g/mol. The van der Waals surface area contributed by atoms with E-state index < -0.39 is 17.0 Å². The smallest absolute Gasteiger partial charge is 0.274 e. The molecule has 0 spiro atoms. The Balaban J connectivity index is 3.21. The Kier molecular flexibility index (Phi) is 3.36. The molecule has 0 aliphatic heterocycles. The van der Waals surface area contributed by atoms with Crippen LogP contribution in [0.25, 0.3) is 0 Å². The SMILES string of the molecule is O=C(Cl)c1cc(I)c(C(F)(F)F)cn1. The fraction of sp³-hybridized carbons (Fsp3) is 0.143. The zero-order valence-corrected chi connectivity index (χ0v) is 9.31. The molecule has 0 saturated heterocycles. The molecule has 76 valence electrons. The van der Waals surface area contributed by atoms with Gasteiger partial charge in [-0.25, -0.2) is 0 Å². The Bertz CT molecular complexity index is 380. The molecule has 0 N–H and O–H groups in total. The van der Waals surface area contributed by atoms with Crippen molar-refractivity contribution in [2.75, 3.05) is 0 Å². The van der Waals surface area contributed by atoms with Crippen LogP contribution in [-0.4, -0.2) is 10.2 Å². The average molecular weight is 335 g/mol. The van der Waals surface area contributed by atoms with Crippen molar-refractivity contribution < 1.29 is 18.0 Å². The highest BCUT2D eigenvalue weighted by Gasteiger charge is 2.33. The maximum Gasteiger partial charge on any atom is 0.418 e. The zero-order valence-electron chi connectivity index (χ0n) is 6.40. The minimum Gasteiger partial charge on any atom is -0.274 e. The topological polar surface area (TPSA) is 30.0 Å². The van der Waals surface area contributed by atoms with Gasteiger partial charge in [0, 0.05) is 9.77 Å². The second kappa shape index (κ2) is 4.01. The van der Waals surface area contributed by atoms with E-state index in [1.807, 2.05) is 0 Å². The Labute approximate surface area is 95.6 Å². The van der Waals surface area contributed by atoms with Crippen LogP contribution in [0.5, 0.6) is 0 Å². The van der Waals surface area contributed by atoms with Gasteiger partial charge in [-0.05, 0) is 40.3 Å². The molecule has 1 aromatic rings. The second-order valence-electron chi connectivity index (χ2n) is 2.32. The van der Waals surface area contributed by atoms with Crippen molar-refractivity contribution in [1.82, 2.24) is 4.98 Å². The molecule has 1 aromatic heterocycles. The van der Waals surface area contributed by atoms with Crippen LogP contribution < -0.4 is 0 Å². The molecule has 0 aliphatic carbocycles. The molecule has 7 heteroatoms. The molecule has 0 aromatic carbocycles. The van der Waals surface area contributed by atoms with Crippen molar-refractivity contribution in [1.29, 1.82) is 0 Å². The van der Waals surface area contributed by atoms with E-state index in [4.69, 9.17) is 11.6 Å². The first-order chi connectivity index (χ1) is 6.32. The maximum atomic E-state index is 12.2. The highest BCUT2D eigenvalue weighted by molar-refractivity contribution is 14.1. The quantitative estimate of drug-likeness (QED) is 0.583. The fourth-order valence-electron chi connectivity index (χ4n) is 0.747. The summed E-state index contributed by atoms with van der Waals surface area (Å²) in [6.07, 6.45) is -3.87. The van der Waals surface area contributed by atoms with E-state index >= 15 is 0 Å². The van der Waals surface area contributed by atoms with Crippen LogP contribution in [-0.2, 0) is 6.18 Å². The summed E-state index contributed by atoms with van der Waals surface area (Å²) in [5, 5.41) is -0.878. The molecular formula is C7H2ClF3INO. The van der Waals surface area contributed by atoms with E-state index in [2.05, 4.69) is 4.98 Å². The Morgan fingerprint density at radius 3 is 2.43 bits per heavy atom. The fourth-order valence-corrected chi connectivity index (χ4v) is 1.59. The van der Waals surface area contributed by atoms with Crippen molar-refractivity contribution in [3.8, 4) is 0 Å². The van der Waals surface area contributed by atoms with E-state index in [1.165, 1.54) is 22.6 Å². The zero-order chi connectivity index (χ0) is 10.9. The molecule has 2 nitrogen and oxygen atoms in total. The van der Waals surface area contributed by atoms with Crippen LogP contribution in [0.2, 0.25) is 0 Å². The molecule has 0 unspecified atom stereocenters. The molecule has 0 radical (unpaired) electrons. The van der Waals surface area contributed by atoms with Crippen LogP contribution in [0.1, 0.15) is 16.1 Å². The van der Waals surface area contributed by atoms with Crippen molar-refractivity contribution in [3.63, 3.8) is 0 Å². The number of aromatic nitrogens is 1. The predicted molar refractivity (Wildman–Crippen MR) is 52.1 cm³/mol. The van der Waals surface area contributed by atoms with Crippen molar-refractivity contribution in [2.45, 2.75) is 6.18 Å². The van der Waals surface area contributed by atoms with Crippen LogP contribution in [0, 0.1) is 3.57 Å². The third-order valence-corrected chi connectivity index (χ3v) is 2.45. The van der Waals surface area contributed by atoms with Crippen molar-refractivity contribution in [2.24, 2.45) is 0 Å². The molecule has 0 saturated carbocycles. The summed E-state index contributed by atoms with van der Waals surface area (Å²) in [5.74, 6) is 0. The van der Waals surface area contributed by atoms with E-state index in [1.54, 1.807) is 0 Å². The largest absolute Gasteiger partial charge is 0.418 e. The molecule has 0 fully saturated rings. The van der Waals surface area contributed by atoms with Crippen molar-refractivity contribution >= 4 is 39.4 Å². The first-order valence-electron chi connectivity index (χ1n) is 3.25. The van der Waals surface area contributed by atoms with E-state index in [-0.39, 0.29) is 9.26 Å². The van der Waals surface area contributed by atoms with Crippen molar-refractivity contribution in [3.05, 3.63) is 27.1 Å². The van der Waals surface area contributed by atoms with Gasteiger partial charge in [-0.15, -0.1) is 0 Å². The summed E-state index contributed by atoms with van der Waals surface area (Å²) in [6.45, 7) is 0. The molecule has 1 heterocycles. The second-order valence-corrected chi connectivity index (χ2v) is 3.83. The van der Waals surface area contributed by atoms with Gasteiger partial charge in [0.15, 0.2) is 0 Å². The number of nitrogens with zero attached hydrogens (tertiary/aromatic N) is 1. The number of hydrogen-bond donors (Lipinski definition) is 0. The molecule has 0 atom stereocenters. The normalized spacial score (nSPS) is 11.5. The maximum absolute atomic E-state index is 12.2. The van der Waals surface area contributed by atoms with E-state index in [0.29, 0.717) is 6.20 Å². The van der Waals surface area contributed by atoms with Gasteiger partial charge in [-0.3, -0.25) is 9.78 Å². The van der Waals surface area contributed by atoms with Gasteiger partial charge in [0.25, 0.3) is 5.24 Å². The molecule has 1 rings (SSSR count). The summed E-state index contributed by atoms with van der Waals surface area (Å²) in [4.78, 5) is 13.9. The first-order valence-corrected chi connectivity index (χ1v) is 4.70. The van der Waals surface area contributed by atoms with Crippen LogP contribution in [0.3, 0.4) is 0 Å². The van der Waals surface area contributed by atoms with Gasteiger partial charge >= 0.3 is 6.18 Å². The van der Waals surface area contributed by atoms with Gasteiger partial charge < -0.3 is 0 Å². The van der Waals surface area contributed by atoms with Crippen LogP contribution >= 0.6 is 34.2 Å². The third-order valence-electron chi connectivity index (χ3n) is 1.36. The minimum absolute atomic E-state index is 0.103. The average Bonchev–Trinajstić information content (AvgIpc) is 2.01. The van der Waals surface area contributed by atoms with Gasteiger partial charge in [-0.1, -0.05) is 0 Å². The van der Waals surface area contributed by atoms with Gasteiger partial charge in [0.1, 0.15) is 5.69 Å². The summed E-state index contributed by atoms with van der Waals surface area (Å²) in [6, 6.07) is 0.999. The Hall–Kier alpha value is -0.370. The predicted octanol–water partition coefficient (Wildman–Crippen LogP) is 3.08. The highest BCUT2D eigenvalue weighted by Crippen LogP contribution is 2.32. The Morgan fingerprint density at radius 2 is 2.07 bits per heavy atom. The lowest BCUT2D eigenvalue weighted by Crippen LogP contribution is -2.09. The highest BCUT2D eigenvalue weighted by atomic mass is 127. The number of hydrogen-bond acceptors (Lipinski definition) is 2. The lowest BCUT2D eigenvalue weighted by Gasteiger charge is -2.08. The number of carbonyl (C=O) groups excluding carboxylic acids is 1. The summed E-state index contributed by atoms with van der Waals surface area (Å²) in [5.41, 5.74) is -1.07. The summed E-state index contributed by atoms with van der Waals surface area (Å²) < 4.78 is 36.6. The number of alkyl halides is 3. The van der Waals surface area contributed by atoms with Crippen LogP contribution in [0.15, 0.2) is 12.3 Å². The molecule has 0 aliphatic rings. The Morgan fingerprint density at radius 1 is 1.50 bits per heavy atom. The van der Waals surface area contributed by atoms with Gasteiger partial charge in [-0.2, -0.15) is 13.2 Å². The lowest BCUT2D eigenvalue weighted by molar-refractivity contribution is -0.138. The third kappa shape index (κ3) is 2.57. The number of pyridine rings is 1.